The second-order valence-electron chi connectivity index (χ2n) is 6.85. The van der Waals surface area contributed by atoms with Crippen LogP contribution >= 0.6 is 23.4 Å². The van der Waals surface area contributed by atoms with Gasteiger partial charge in [0.1, 0.15) is 18.2 Å². The van der Waals surface area contributed by atoms with Crippen LogP contribution in [0.1, 0.15) is 16.7 Å². The van der Waals surface area contributed by atoms with Gasteiger partial charge in [-0.3, -0.25) is 14.5 Å². The summed E-state index contributed by atoms with van der Waals surface area (Å²) in [5.41, 5.74) is 2.01. The predicted octanol–water partition coefficient (Wildman–Crippen LogP) is 6.29. The van der Waals surface area contributed by atoms with Gasteiger partial charge in [0.05, 0.1) is 11.4 Å². The van der Waals surface area contributed by atoms with Gasteiger partial charge >= 0.3 is 0 Å². The molecular weight excluding hydrogens is 437 g/mol. The maximum absolute atomic E-state index is 13.7. The van der Waals surface area contributed by atoms with Gasteiger partial charge in [-0.2, -0.15) is 0 Å². The fraction of sp³-hybridized carbons (Fsp3) is 0.0833. The van der Waals surface area contributed by atoms with Crippen molar-refractivity contribution >= 4 is 40.6 Å². The van der Waals surface area contributed by atoms with Crippen molar-refractivity contribution in [3.8, 4) is 5.75 Å². The lowest BCUT2D eigenvalue weighted by molar-refractivity contribution is -0.123. The summed E-state index contributed by atoms with van der Waals surface area (Å²) in [6, 6.07) is 20.5. The van der Waals surface area contributed by atoms with Crippen molar-refractivity contribution in [1.29, 1.82) is 0 Å². The molecule has 1 fully saturated rings. The van der Waals surface area contributed by atoms with Crippen LogP contribution in [0.2, 0.25) is 5.02 Å². The number of rotatable bonds is 6. The number of carbonyl (C=O) groups excluding carboxylic acids is 2. The van der Waals surface area contributed by atoms with Crippen LogP contribution in [-0.2, 0) is 17.9 Å². The maximum Gasteiger partial charge on any atom is 0.293 e. The number of benzene rings is 3. The Balaban J connectivity index is 1.42. The summed E-state index contributed by atoms with van der Waals surface area (Å²) < 4.78 is 19.3. The van der Waals surface area contributed by atoms with Crippen LogP contribution in [-0.4, -0.2) is 16.0 Å². The van der Waals surface area contributed by atoms with Crippen LogP contribution in [0.25, 0.3) is 6.08 Å². The van der Waals surface area contributed by atoms with Gasteiger partial charge in [-0.25, -0.2) is 4.39 Å². The topological polar surface area (TPSA) is 46.6 Å². The average molecular weight is 454 g/mol. The monoisotopic (exact) mass is 453 g/mol. The molecule has 7 heteroatoms. The third kappa shape index (κ3) is 5.16. The lowest BCUT2D eigenvalue weighted by Crippen LogP contribution is -2.27. The zero-order valence-electron chi connectivity index (χ0n) is 16.3. The van der Waals surface area contributed by atoms with E-state index < -0.39 is 0 Å². The van der Waals surface area contributed by atoms with Crippen molar-refractivity contribution < 1.29 is 18.7 Å². The number of thioether (sulfide) groups is 1. The first-order valence-electron chi connectivity index (χ1n) is 9.46. The first-order chi connectivity index (χ1) is 15.0. The molecule has 1 heterocycles. The Morgan fingerprint density at radius 3 is 2.52 bits per heavy atom. The van der Waals surface area contributed by atoms with Gasteiger partial charge in [-0.1, -0.05) is 54.1 Å². The molecule has 0 bridgehead atoms. The maximum atomic E-state index is 13.7. The third-order valence-corrected chi connectivity index (χ3v) is 5.78. The van der Waals surface area contributed by atoms with Gasteiger partial charge in [0, 0.05) is 10.6 Å². The van der Waals surface area contributed by atoms with E-state index in [1.165, 1.54) is 11.0 Å². The second-order valence-corrected chi connectivity index (χ2v) is 8.28. The highest BCUT2D eigenvalue weighted by atomic mass is 35.5. The molecule has 0 aliphatic carbocycles. The van der Waals surface area contributed by atoms with Gasteiger partial charge in [0.15, 0.2) is 0 Å². The van der Waals surface area contributed by atoms with Crippen LogP contribution in [0.5, 0.6) is 5.75 Å². The summed E-state index contributed by atoms with van der Waals surface area (Å²) in [6.45, 7) is 0.291. The lowest BCUT2D eigenvalue weighted by atomic mass is 10.2. The van der Waals surface area contributed by atoms with Crippen LogP contribution in [0.3, 0.4) is 0 Å². The quantitative estimate of drug-likeness (QED) is 0.411. The largest absolute Gasteiger partial charge is 0.489 e. The van der Waals surface area contributed by atoms with Crippen molar-refractivity contribution in [3.63, 3.8) is 0 Å². The summed E-state index contributed by atoms with van der Waals surface area (Å²) in [6.07, 6.45) is 1.67. The number of nitrogens with zero attached hydrogens (tertiary/aromatic N) is 1. The summed E-state index contributed by atoms with van der Waals surface area (Å²) in [4.78, 5) is 26.6. The van der Waals surface area contributed by atoms with Crippen LogP contribution in [0, 0.1) is 5.82 Å². The summed E-state index contributed by atoms with van der Waals surface area (Å²) >= 11 is 6.89. The Morgan fingerprint density at radius 1 is 1.00 bits per heavy atom. The van der Waals surface area contributed by atoms with Gasteiger partial charge in [-0.15, -0.1) is 0 Å². The Kier molecular flexibility index (Phi) is 6.39. The molecule has 3 aromatic rings. The molecule has 0 aromatic heterocycles. The number of hydrogen-bond donors (Lipinski definition) is 0. The zero-order valence-corrected chi connectivity index (χ0v) is 17.8. The number of hydrogen-bond acceptors (Lipinski definition) is 4. The number of imide groups is 1. The smallest absolute Gasteiger partial charge is 0.293 e. The lowest BCUT2D eigenvalue weighted by Gasteiger charge is -2.12. The Hall–Kier alpha value is -3.09. The minimum absolute atomic E-state index is 0.119. The van der Waals surface area contributed by atoms with Crippen molar-refractivity contribution in [1.82, 2.24) is 4.90 Å². The molecular formula is C24H17ClFNO3S. The standard InChI is InChI=1S/C24H17ClFNO3S/c25-19-6-3-4-17(12-19)14-27-23(28)22(31-24(27)29)13-16-8-10-20(11-9-16)30-15-18-5-1-2-7-21(18)26/h1-13H,14-15H2/b22-13-. The highest BCUT2D eigenvalue weighted by Gasteiger charge is 2.34. The van der Waals surface area contributed by atoms with E-state index in [1.54, 1.807) is 66.7 Å². The molecule has 0 radical (unpaired) electrons. The summed E-state index contributed by atoms with van der Waals surface area (Å²) in [7, 11) is 0. The molecule has 4 rings (SSSR count). The molecule has 0 atom stereocenters. The van der Waals surface area contributed by atoms with Crippen LogP contribution in [0.15, 0.2) is 77.7 Å². The number of halogens is 2. The molecule has 1 saturated heterocycles. The molecule has 4 nitrogen and oxygen atoms in total. The Bertz CT molecular complexity index is 1160. The minimum Gasteiger partial charge on any atom is -0.489 e. The zero-order chi connectivity index (χ0) is 21.8. The minimum atomic E-state index is -0.338. The van der Waals surface area contributed by atoms with Crippen molar-refractivity contribution in [2.45, 2.75) is 13.2 Å². The molecule has 2 amide bonds. The molecule has 0 spiro atoms. The van der Waals surface area contributed by atoms with Crippen molar-refractivity contribution in [2.75, 3.05) is 0 Å². The van der Waals surface area contributed by atoms with Gasteiger partial charge in [0.25, 0.3) is 11.1 Å². The molecule has 1 aliphatic rings. The van der Waals surface area contributed by atoms with E-state index in [9.17, 15) is 14.0 Å². The fourth-order valence-electron chi connectivity index (χ4n) is 3.04. The average Bonchev–Trinajstić information content (AvgIpc) is 3.02. The fourth-order valence-corrected chi connectivity index (χ4v) is 4.09. The first-order valence-corrected chi connectivity index (χ1v) is 10.6. The van der Waals surface area contributed by atoms with E-state index in [2.05, 4.69) is 0 Å². The highest BCUT2D eigenvalue weighted by molar-refractivity contribution is 8.18. The van der Waals surface area contributed by atoms with Gasteiger partial charge in [-0.05, 0) is 59.3 Å². The molecule has 156 valence electrons. The molecule has 0 unspecified atom stereocenters. The summed E-state index contributed by atoms with van der Waals surface area (Å²) in [5, 5.41) is 0.235. The second kappa shape index (κ2) is 9.37. The molecule has 1 aliphatic heterocycles. The van der Waals surface area contributed by atoms with Gasteiger partial charge in [0.2, 0.25) is 0 Å². The Labute approximate surface area is 188 Å². The van der Waals surface area contributed by atoms with E-state index in [4.69, 9.17) is 16.3 Å². The Morgan fingerprint density at radius 2 is 1.77 bits per heavy atom. The summed E-state index contributed by atoms with van der Waals surface area (Å²) in [5.74, 6) is -0.0723. The van der Waals surface area contributed by atoms with E-state index in [0.717, 1.165) is 22.9 Å². The first kappa shape index (κ1) is 21.2. The third-order valence-electron chi connectivity index (χ3n) is 4.63. The SMILES string of the molecule is O=C1S/C(=C\c2ccc(OCc3ccccc3F)cc2)C(=O)N1Cc1cccc(Cl)c1. The van der Waals surface area contributed by atoms with E-state index in [1.807, 2.05) is 6.07 Å². The van der Waals surface area contributed by atoms with E-state index in [-0.39, 0.29) is 30.1 Å². The molecule has 3 aromatic carbocycles. The number of ether oxygens (including phenoxy) is 1. The van der Waals surface area contributed by atoms with Crippen LogP contribution < -0.4 is 4.74 Å². The van der Waals surface area contributed by atoms with Gasteiger partial charge < -0.3 is 4.74 Å². The molecule has 0 saturated carbocycles. The van der Waals surface area contributed by atoms with E-state index in [0.29, 0.717) is 21.2 Å². The van der Waals surface area contributed by atoms with Crippen molar-refractivity contribution in [2.24, 2.45) is 0 Å². The molecule has 31 heavy (non-hydrogen) atoms. The highest BCUT2D eigenvalue weighted by Crippen LogP contribution is 2.33. The number of carbonyl (C=O) groups is 2. The molecule has 0 N–H and O–H groups in total. The van der Waals surface area contributed by atoms with Crippen molar-refractivity contribution in [3.05, 3.63) is 105 Å². The predicted molar refractivity (Wildman–Crippen MR) is 120 cm³/mol. The van der Waals surface area contributed by atoms with Crippen LogP contribution in [0.4, 0.5) is 9.18 Å². The number of amides is 2. The normalized spacial score (nSPS) is 15.0. The van der Waals surface area contributed by atoms with E-state index >= 15 is 0 Å².